The molecule has 0 atom stereocenters. The van der Waals surface area contributed by atoms with Crippen molar-refractivity contribution < 1.29 is 19.0 Å². The highest BCUT2D eigenvalue weighted by molar-refractivity contribution is 5.94. The molecule has 0 aromatic heterocycles. The second-order valence-corrected chi connectivity index (χ2v) is 5.30. The number of nitrogens with zero attached hydrogens (tertiary/aromatic N) is 1. The van der Waals surface area contributed by atoms with Crippen LogP contribution in [-0.4, -0.2) is 26.0 Å². The van der Waals surface area contributed by atoms with E-state index in [1.165, 1.54) is 6.21 Å². The van der Waals surface area contributed by atoms with Crippen molar-refractivity contribution in [2.24, 2.45) is 5.10 Å². The summed E-state index contributed by atoms with van der Waals surface area (Å²) >= 11 is 0. The van der Waals surface area contributed by atoms with E-state index in [4.69, 9.17) is 14.2 Å². The van der Waals surface area contributed by atoms with Crippen LogP contribution in [0.5, 0.6) is 17.2 Å². The summed E-state index contributed by atoms with van der Waals surface area (Å²) < 4.78 is 15.6. The maximum absolute atomic E-state index is 11.9. The minimum atomic E-state index is -0.284. The van der Waals surface area contributed by atoms with Gasteiger partial charge in [-0.2, -0.15) is 5.10 Å². The first-order chi connectivity index (χ1) is 12.8. The zero-order valence-corrected chi connectivity index (χ0v) is 14.2. The molecule has 0 fully saturated rings. The number of carbonyl (C=O) groups excluding carboxylic acids is 1. The number of nitrogens with one attached hydrogen (secondary N) is 1. The predicted molar refractivity (Wildman–Crippen MR) is 99.7 cm³/mol. The summed E-state index contributed by atoms with van der Waals surface area (Å²) in [6.45, 7) is 0.265. The molecule has 0 saturated heterocycles. The fraction of sp³-hybridized carbons (Fsp3) is 0.100. The average molecular weight is 350 g/mol. The van der Waals surface area contributed by atoms with Crippen LogP contribution in [0.3, 0.4) is 0 Å². The first-order valence-electron chi connectivity index (χ1n) is 7.97. The maximum Gasteiger partial charge on any atom is 0.271 e. The molecule has 0 aliphatic carbocycles. The van der Waals surface area contributed by atoms with E-state index < -0.39 is 0 Å². The molecule has 2 aromatic carbocycles. The topological polar surface area (TPSA) is 69.2 Å². The highest BCUT2D eigenvalue weighted by Crippen LogP contribution is 2.32. The van der Waals surface area contributed by atoms with Crippen LogP contribution >= 0.6 is 0 Å². The van der Waals surface area contributed by atoms with E-state index in [0.717, 1.165) is 17.1 Å². The minimum absolute atomic E-state index is 0.265. The third-order valence-electron chi connectivity index (χ3n) is 3.59. The van der Waals surface area contributed by atoms with Gasteiger partial charge >= 0.3 is 0 Å². The number of methoxy groups -OCH3 is 1. The molecule has 0 radical (unpaired) electrons. The van der Waals surface area contributed by atoms with Gasteiger partial charge in [0.05, 0.1) is 7.11 Å². The molecule has 6 nitrogen and oxygen atoms in total. The van der Waals surface area contributed by atoms with Crippen LogP contribution in [0.15, 0.2) is 65.8 Å². The third kappa shape index (κ3) is 4.51. The minimum Gasteiger partial charge on any atom is -0.497 e. The Labute approximate surface area is 151 Å². The van der Waals surface area contributed by atoms with Gasteiger partial charge in [-0.05, 0) is 48.0 Å². The second-order valence-electron chi connectivity index (χ2n) is 5.30. The molecule has 1 amide bonds. The van der Waals surface area contributed by atoms with Crippen LogP contribution in [0.2, 0.25) is 0 Å². The monoisotopic (exact) mass is 350 g/mol. The van der Waals surface area contributed by atoms with Crippen LogP contribution in [0, 0.1) is 0 Å². The first kappa shape index (κ1) is 17.3. The Morgan fingerprint density at radius 3 is 2.69 bits per heavy atom. The van der Waals surface area contributed by atoms with E-state index in [9.17, 15) is 4.79 Å². The average Bonchev–Trinajstić information content (AvgIpc) is 3.15. The summed E-state index contributed by atoms with van der Waals surface area (Å²) in [5.74, 6) is 1.92. The number of hydrazone groups is 1. The number of hydrogen-bond donors (Lipinski definition) is 1. The summed E-state index contributed by atoms with van der Waals surface area (Å²) in [4.78, 5) is 11.9. The zero-order chi connectivity index (χ0) is 18.2. The molecule has 1 N–H and O–H groups in total. The van der Waals surface area contributed by atoms with Gasteiger partial charge < -0.3 is 14.2 Å². The molecule has 0 bridgehead atoms. The smallest absolute Gasteiger partial charge is 0.271 e. The summed E-state index contributed by atoms with van der Waals surface area (Å²) in [6.07, 6.45) is 8.84. The van der Waals surface area contributed by atoms with Crippen molar-refractivity contribution in [1.29, 1.82) is 0 Å². The van der Waals surface area contributed by atoms with Gasteiger partial charge in [0.1, 0.15) is 5.75 Å². The van der Waals surface area contributed by atoms with Crippen LogP contribution in [0.25, 0.3) is 6.08 Å². The highest BCUT2D eigenvalue weighted by Gasteiger charge is 2.11. The van der Waals surface area contributed by atoms with E-state index in [2.05, 4.69) is 10.5 Å². The highest BCUT2D eigenvalue weighted by atomic mass is 16.7. The van der Waals surface area contributed by atoms with Crippen LogP contribution in [0.1, 0.15) is 15.9 Å². The fourth-order valence-corrected chi connectivity index (χ4v) is 2.24. The summed E-state index contributed by atoms with van der Waals surface area (Å²) in [7, 11) is 1.58. The van der Waals surface area contributed by atoms with Crippen LogP contribution in [-0.2, 0) is 0 Å². The van der Waals surface area contributed by atoms with E-state index in [1.54, 1.807) is 37.5 Å². The van der Waals surface area contributed by atoms with Gasteiger partial charge in [0.2, 0.25) is 6.79 Å². The SMILES string of the molecule is COc1ccc(C(=O)N/N=C/C=C/C=C/c2ccc3c(c2)OCO3)cc1. The number of amides is 1. The van der Waals surface area contributed by atoms with Crippen molar-refractivity contribution in [2.45, 2.75) is 0 Å². The molecular weight excluding hydrogens is 332 g/mol. The summed E-state index contributed by atoms with van der Waals surface area (Å²) in [5.41, 5.74) is 3.97. The van der Waals surface area contributed by atoms with Crippen LogP contribution in [0.4, 0.5) is 0 Å². The number of allylic oxidation sites excluding steroid dienone is 3. The molecule has 3 rings (SSSR count). The Hall–Kier alpha value is -3.54. The van der Waals surface area contributed by atoms with Gasteiger partial charge in [-0.3, -0.25) is 4.79 Å². The molecule has 6 heteroatoms. The van der Waals surface area contributed by atoms with Gasteiger partial charge in [0, 0.05) is 11.8 Å². The van der Waals surface area contributed by atoms with Gasteiger partial charge in [-0.25, -0.2) is 5.43 Å². The largest absolute Gasteiger partial charge is 0.497 e. The Morgan fingerprint density at radius 1 is 1.08 bits per heavy atom. The summed E-state index contributed by atoms with van der Waals surface area (Å²) in [6, 6.07) is 12.5. The van der Waals surface area contributed by atoms with Crippen molar-refractivity contribution >= 4 is 18.2 Å². The van der Waals surface area contributed by atoms with Crippen molar-refractivity contribution in [1.82, 2.24) is 5.43 Å². The molecule has 0 unspecified atom stereocenters. The van der Waals surface area contributed by atoms with Crippen molar-refractivity contribution in [3.63, 3.8) is 0 Å². The molecule has 132 valence electrons. The van der Waals surface area contributed by atoms with Crippen molar-refractivity contribution in [2.75, 3.05) is 13.9 Å². The van der Waals surface area contributed by atoms with E-state index in [-0.39, 0.29) is 12.7 Å². The quantitative estimate of drug-likeness (QED) is 0.492. The van der Waals surface area contributed by atoms with E-state index >= 15 is 0 Å². The summed E-state index contributed by atoms with van der Waals surface area (Å²) in [5, 5.41) is 3.87. The molecular formula is C20H18N2O4. The lowest BCUT2D eigenvalue weighted by molar-refractivity contribution is 0.0955. The number of fused-ring (bicyclic) bond motifs is 1. The standard InChI is InChI=1S/C20H18N2O4/c1-24-17-9-7-16(8-10-17)20(23)22-21-12-4-2-3-5-15-6-11-18-19(13-15)26-14-25-18/h2-13H,14H2,1H3,(H,22,23)/b4-2+,5-3+,21-12+. The number of ether oxygens (including phenoxy) is 3. The Morgan fingerprint density at radius 2 is 1.88 bits per heavy atom. The Kier molecular flexibility index (Phi) is 5.67. The van der Waals surface area contributed by atoms with Gasteiger partial charge in [-0.1, -0.05) is 24.3 Å². The Bertz CT molecular complexity index is 855. The number of hydrogen-bond acceptors (Lipinski definition) is 5. The lowest BCUT2D eigenvalue weighted by atomic mass is 10.2. The fourth-order valence-electron chi connectivity index (χ4n) is 2.24. The zero-order valence-electron chi connectivity index (χ0n) is 14.2. The van der Waals surface area contributed by atoms with E-state index in [0.29, 0.717) is 11.3 Å². The maximum atomic E-state index is 11.9. The molecule has 26 heavy (non-hydrogen) atoms. The lowest BCUT2D eigenvalue weighted by Gasteiger charge is -2.01. The molecule has 1 aliphatic heterocycles. The molecule has 1 aliphatic rings. The normalized spacial score (nSPS) is 13.0. The van der Waals surface area contributed by atoms with Gasteiger partial charge in [-0.15, -0.1) is 0 Å². The molecule has 0 saturated carbocycles. The molecule has 2 aromatic rings. The number of carbonyl (C=O) groups is 1. The molecule has 1 heterocycles. The number of rotatable bonds is 6. The van der Waals surface area contributed by atoms with E-state index in [1.807, 2.05) is 36.4 Å². The predicted octanol–water partition coefficient (Wildman–Crippen LogP) is 3.41. The van der Waals surface area contributed by atoms with Crippen LogP contribution < -0.4 is 19.6 Å². The third-order valence-corrected chi connectivity index (χ3v) is 3.59. The lowest BCUT2D eigenvalue weighted by Crippen LogP contribution is -2.17. The first-order valence-corrected chi connectivity index (χ1v) is 7.97. The van der Waals surface area contributed by atoms with Crippen molar-refractivity contribution in [3.05, 3.63) is 71.8 Å². The van der Waals surface area contributed by atoms with Gasteiger partial charge in [0.15, 0.2) is 11.5 Å². The second kappa shape index (κ2) is 8.53. The Balaban J connectivity index is 1.46. The van der Waals surface area contributed by atoms with Gasteiger partial charge in [0.25, 0.3) is 5.91 Å². The van der Waals surface area contributed by atoms with Crippen molar-refractivity contribution in [3.8, 4) is 17.2 Å². The molecule has 0 spiro atoms. The number of benzene rings is 2.